The van der Waals surface area contributed by atoms with Gasteiger partial charge in [0.2, 0.25) is 0 Å². The lowest BCUT2D eigenvalue weighted by Gasteiger charge is -1.99. The van der Waals surface area contributed by atoms with Crippen LogP contribution in [0.15, 0.2) is 18.6 Å². The Morgan fingerprint density at radius 2 is 1.58 bits per heavy atom. The van der Waals surface area contributed by atoms with Gasteiger partial charge in [-0.2, -0.15) is 0 Å². The molecule has 0 bridgehead atoms. The lowest BCUT2D eigenvalue weighted by molar-refractivity contribution is -0.684. The van der Waals surface area contributed by atoms with E-state index in [-0.39, 0.29) is 0 Å². The van der Waals surface area contributed by atoms with Crippen LogP contribution in [-0.4, -0.2) is 9.13 Å². The van der Waals surface area contributed by atoms with E-state index < -0.39 is 0 Å². The smallest absolute Gasteiger partial charge is 0.237 e. The van der Waals surface area contributed by atoms with E-state index in [4.69, 9.17) is 0 Å². The summed E-state index contributed by atoms with van der Waals surface area (Å²) in [5.74, 6) is 2.80. The van der Waals surface area contributed by atoms with E-state index in [1.165, 1.54) is 55.9 Å². The molecule has 0 unspecified atom stereocenters. The van der Waals surface area contributed by atoms with Gasteiger partial charge in [-0.25, -0.2) is 18.3 Å². The summed E-state index contributed by atoms with van der Waals surface area (Å²) in [4.78, 5) is 0. The maximum Gasteiger partial charge on any atom is 0.255 e. The Balaban J connectivity index is 0.000000254. The van der Waals surface area contributed by atoms with Crippen molar-refractivity contribution >= 4 is 0 Å². The van der Waals surface area contributed by atoms with Crippen LogP contribution >= 0.6 is 0 Å². The highest BCUT2D eigenvalue weighted by Gasteiger charge is 2.11. The summed E-state index contributed by atoms with van der Waals surface area (Å²) >= 11 is 0. The van der Waals surface area contributed by atoms with Crippen LogP contribution in [0.1, 0.15) is 63.3 Å². The molecule has 0 spiro atoms. The molecule has 0 N–H and O–H groups in total. The molecule has 0 aliphatic rings. The van der Waals surface area contributed by atoms with Gasteiger partial charge in [-0.1, -0.05) is 39.5 Å². The molecule has 0 saturated carbocycles. The molecule has 0 saturated heterocycles. The second-order valence-corrected chi connectivity index (χ2v) is 6.81. The Bertz CT molecular complexity index is 588. The number of nitrogens with zero attached hydrogens (tertiary/aromatic N) is 4. The summed E-state index contributed by atoms with van der Waals surface area (Å²) in [7, 11) is 8.45. The highest BCUT2D eigenvalue weighted by molar-refractivity contribution is 4.90. The molecule has 2 aromatic heterocycles. The standard InChI is InChI=1S/C12H23N2.C8H15N2/c1-4-5-6-7-8-9-12-13(2)10-11-14(12)3;1-5-8-9(3)6-7(2)10(8)4/h10-11H,4-9H2,1-3H3;6H,5H2,1-4H3/q2*+1. The Morgan fingerprint density at radius 1 is 0.917 bits per heavy atom. The largest absolute Gasteiger partial charge is 0.255 e. The summed E-state index contributed by atoms with van der Waals surface area (Å²) in [5.41, 5.74) is 1.32. The molecule has 4 heteroatoms. The van der Waals surface area contributed by atoms with Crippen LogP contribution < -0.4 is 9.13 Å². The molecule has 0 aliphatic carbocycles. The van der Waals surface area contributed by atoms with E-state index in [0.717, 1.165) is 6.42 Å². The van der Waals surface area contributed by atoms with Crippen LogP contribution in [0.2, 0.25) is 0 Å². The van der Waals surface area contributed by atoms with E-state index in [9.17, 15) is 0 Å². The minimum absolute atomic E-state index is 1.10. The van der Waals surface area contributed by atoms with Crippen molar-refractivity contribution in [2.45, 2.75) is 65.7 Å². The molecule has 0 atom stereocenters. The van der Waals surface area contributed by atoms with Crippen molar-refractivity contribution in [2.24, 2.45) is 28.2 Å². The molecule has 0 fully saturated rings. The summed E-state index contributed by atoms with van der Waals surface area (Å²) in [5, 5.41) is 0. The Labute approximate surface area is 148 Å². The minimum Gasteiger partial charge on any atom is -0.237 e. The number of rotatable bonds is 7. The number of unbranched alkanes of at least 4 members (excludes halogenated alkanes) is 4. The van der Waals surface area contributed by atoms with Gasteiger partial charge in [0.25, 0.3) is 11.6 Å². The van der Waals surface area contributed by atoms with Crippen molar-refractivity contribution < 1.29 is 9.13 Å². The van der Waals surface area contributed by atoms with Gasteiger partial charge in [-0.3, -0.25) is 0 Å². The van der Waals surface area contributed by atoms with Crippen molar-refractivity contribution in [3.63, 3.8) is 0 Å². The summed E-state index contributed by atoms with van der Waals surface area (Å²) in [6.45, 7) is 6.56. The second kappa shape index (κ2) is 10.3. The molecule has 2 aromatic rings. The van der Waals surface area contributed by atoms with Crippen LogP contribution in [0.25, 0.3) is 0 Å². The molecule has 0 amide bonds. The molecule has 0 aromatic carbocycles. The number of imidazole rings is 2. The highest BCUT2D eigenvalue weighted by Crippen LogP contribution is 2.06. The van der Waals surface area contributed by atoms with E-state index in [1.54, 1.807) is 0 Å². The Kier molecular flexibility index (Phi) is 8.80. The molecular weight excluding hydrogens is 296 g/mol. The lowest BCUT2D eigenvalue weighted by atomic mass is 10.1. The summed E-state index contributed by atoms with van der Waals surface area (Å²) in [6.07, 6.45) is 15.5. The van der Waals surface area contributed by atoms with E-state index in [2.05, 4.69) is 85.8 Å². The van der Waals surface area contributed by atoms with Crippen LogP contribution in [0.3, 0.4) is 0 Å². The highest BCUT2D eigenvalue weighted by atomic mass is 15.1. The topological polar surface area (TPSA) is 17.6 Å². The SMILES string of the molecule is CCCCCCCc1n(C)cc[n+]1C.CCc1n(C)cc(C)[n+]1C. The van der Waals surface area contributed by atoms with E-state index in [1.807, 2.05) is 0 Å². The van der Waals surface area contributed by atoms with Crippen molar-refractivity contribution in [3.05, 3.63) is 35.9 Å². The molecule has 2 heterocycles. The maximum absolute atomic E-state index is 2.26. The molecule has 0 aliphatic heterocycles. The Morgan fingerprint density at radius 3 is 2.00 bits per heavy atom. The monoisotopic (exact) mass is 334 g/mol. The molecule has 0 radical (unpaired) electrons. The van der Waals surface area contributed by atoms with Gasteiger partial charge in [0.05, 0.1) is 28.2 Å². The molecule has 4 nitrogen and oxygen atoms in total. The lowest BCUT2D eigenvalue weighted by Crippen LogP contribution is -2.34. The van der Waals surface area contributed by atoms with E-state index in [0.29, 0.717) is 0 Å². The van der Waals surface area contributed by atoms with Crippen LogP contribution in [0.5, 0.6) is 0 Å². The summed E-state index contributed by atoms with van der Waals surface area (Å²) in [6, 6.07) is 0. The van der Waals surface area contributed by atoms with Crippen LogP contribution in [0, 0.1) is 6.92 Å². The molecule has 2 rings (SSSR count). The predicted molar refractivity (Wildman–Crippen MR) is 99.8 cm³/mol. The predicted octanol–water partition coefficient (Wildman–Crippen LogP) is 3.08. The van der Waals surface area contributed by atoms with Crippen molar-refractivity contribution in [1.29, 1.82) is 0 Å². The van der Waals surface area contributed by atoms with Gasteiger partial charge < -0.3 is 0 Å². The third-order valence-electron chi connectivity index (χ3n) is 4.85. The first-order valence-electron chi connectivity index (χ1n) is 9.42. The summed E-state index contributed by atoms with van der Waals surface area (Å²) < 4.78 is 8.84. The van der Waals surface area contributed by atoms with Gasteiger partial charge >= 0.3 is 0 Å². The molecule has 136 valence electrons. The van der Waals surface area contributed by atoms with Crippen molar-refractivity contribution in [3.8, 4) is 0 Å². The minimum atomic E-state index is 1.10. The van der Waals surface area contributed by atoms with Gasteiger partial charge in [-0.15, -0.1) is 0 Å². The van der Waals surface area contributed by atoms with Gasteiger partial charge in [0.15, 0.2) is 0 Å². The average Bonchev–Trinajstić information content (AvgIpc) is 2.99. The third-order valence-corrected chi connectivity index (χ3v) is 4.85. The number of aryl methyl sites for hydroxylation is 4. The fraction of sp³-hybridized carbons (Fsp3) is 0.700. The zero-order valence-corrected chi connectivity index (χ0v) is 17.0. The Hall–Kier alpha value is -1.58. The van der Waals surface area contributed by atoms with E-state index >= 15 is 0 Å². The van der Waals surface area contributed by atoms with Gasteiger partial charge in [0.1, 0.15) is 24.3 Å². The fourth-order valence-electron chi connectivity index (χ4n) is 3.23. The normalized spacial score (nSPS) is 10.6. The fourth-order valence-corrected chi connectivity index (χ4v) is 3.23. The molecule has 24 heavy (non-hydrogen) atoms. The van der Waals surface area contributed by atoms with Crippen molar-refractivity contribution in [2.75, 3.05) is 0 Å². The first-order chi connectivity index (χ1) is 11.4. The van der Waals surface area contributed by atoms with Crippen molar-refractivity contribution in [1.82, 2.24) is 9.13 Å². The number of hydrogen-bond acceptors (Lipinski definition) is 0. The van der Waals surface area contributed by atoms with Gasteiger partial charge in [-0.05, 0) is 6.42 Å². The second-order valence-electron chi connectivity index (χ2n) is 6.81. The number of aromatic nitrogens is 4. The van der Waals surface area contributed by atoms with Crippen LogP contribution in [-0.2, 0) is 41.0 Å². The van der Waals surface area contributed by atoms with Gasteiger partial charge in [0, 0.05) is 19.8 Å². The number of hydrogen-bond donors (Lipinski definition) is 0. The quantitative estimate of drug-likeness (QED) is 0.547. The zero-order valence-electron chi connectivity index (χ0n) is 17.0. The zero-order chi connectivity index (χ0) is 18.1. The van der Waals surface area contributed by atoms with Crippen LogP contribution in [0.4, 0.5) is 0 Å². The maximum atomic E-state index is 2.26. The average molecular weight is 335 g/mol. The first-order valence-corrected chi connectivity index (χ1v) is 9.42. The molecular formula is C20H38N4+2. The third kappa shape index (κ3) is 5.81. The first kappa shape index (κ1) is 20.5.